The van der Waals surface area contributed by atoms with Gasteiger partial charge in [-0.2, -0.15) is 5.10 Å². The summed E-state index contributed by atoms with van der Waals surface area (Å²) in [5.41, 5.74) is 5.09. The van der Waals surface area contributed by atoms with Crippen LogP contribution in [-0.2, 0) is 6.54 Å². The van der Waals surface area contributed by atoms with Gasteiger partial charge >= 0.3 is 0 Å². The molecule has 0 spiro atoms. The van der Waals surface area contributed by atoms with Crippen LogP contribution in [0.5, 0.6) is 0 Å². The van der Waals surface area contributed by atoms with Crippen LogP contribution in [0.2, 0.25) is 15.1 Å². The number of hydrogen-bond donors (Lipinski definition) is 1. The van der Waals surface area contributed by atoms with Gasteiger partial charge in [-0.15, -0.1) is 0 Å². The molecular formula is C30H35Cl3N4. The SMILES string of the molecule is Cc1c(CN(C)CCNC2C3CC4CC(C3)CC2C4)nn(-c2ccc(Cl)cc2Cl)c1-c1ccc(Cl)cc1. The molecule has 4 aliphatic carbocycles. The largest absolute Gasteiger partial charge is 0.312 e. The number of hydrogen-bond acceptors (Lipinski definition) is 3. The minimum Gasteiger partial charge on any atom is -0.312 e. The molecule has 4 saturated carbocycles. The molecule has 4 bridgehead atoms. The summed E-state index contributed by atoms with van der Waals surface area (Å²) in [6.45, 7) is 4.94. The lowest BCUT2D eigenvalue weighted by Crippen LogP contribution is -2.55. The van der Waals surface area contributed by atoms with Gasteiger partial charge in [-0.25, -0.2) is 4.68 Å². The maximum atomic E-state index is 6.63. The van der Waals surface area contributed by atoms with Crippen LogP contribution in [0.3, 0.4) is 0 Å². The highest BCUT2D eigenvalue weighted by molar-refractivity contribution is 6.35. The van der Waals surface area contributed by atoms with Crippen LogP contribution in [0.25, 0.3) is 16.9 Å². The number of benzene rings is 2. The van der Waals surface area contributed by atoms with Crippen LogP contribution in [0.15, 0.2) is 42.5 Å². The molecule has 4 fully saturated rings. The zero-order chi connectivity index (χ0) is 25.7. The van der Waals surface area contributed by atoms with Gasteiger partial charge < -0.3 is 5.32 Å². The summed E-state index contributed by atoms with van der Waals surface area (Å²) >= 11 is 19.0. The minimum absolute atomic E-state index is 0.574. The van der Waals surface area contributed by atoms with Crippen LogP contribution in [0.1, 0.15) is 43.4 Å². The van der Waals surface area contributed by atoms with Gasteiger partial charge in [-0.05, 0) is 106 Å². The van der Waals surface area contributed by atoms with E-state index in [9.17, 15) is 0 Å². The van der Waals surface area contributed by atoms with Crippen molar-refractivity contribution in [1.82, 2.24) is 20.0 Å². The predicted octanol–water partition coefficient (Wildman–Crippen LogP) is 7.65. The third kappa shape index (κ3) is 5.21. The molecule has 0 saturated heterocycles. The van der Waals surface area contributed by atoms with Crippen molar-refractivity contribution in [2.24, 2.45) is 23.7 Å². The fraction of sp³-hybridized carbons (Fsp3) is 0.500. The second kappa shape index (κ2) is 10.5. The number of aromatic nitrogens is 2. The molecule has 7 heteroatoms. The molecular weight excluding hydrogens is 523 g/mol. The molecule has 1 heterocycles. The van der Waals surface area contributed by atoms with Gasteiger partial charge in [0.05, 0.1) is 22.1 Å². The van der Waals surface area contributed by atoms with E-state index in [1.54, 1.807) is 6.07 Å². The predicted molar refractivity (Wildman–Crippen MR) is 154 cm³/mol. The number of nitrogens with zero attached hydrogens (tertiary/aromatic N) is 3. The second-order valence-electron chi connectivity index (χ2n) is 11.6. The van der Waals surface area contributed by atoms with Gasteiger partial charge in [0.15, 0.2) is 0 Å². The maximum absolute atomic E-state index is 6.63. The van der Waals surface area contributed by atoms with E-state index in [0.29, 0.717) is 15.1 Å². The molecule has 0 radical (unpaired) electrons. The zero-order valence-corrected chi connectivity index (χ0v) is 23.8. The molecule has 0 amide bonds. The normalized spacial score (nSPS) is 26.4. The van der Waals surface area contributed by atoms with Gasteiger partial charge in [0.25, 0.3) is 0 Å². The van der Waals surface area contributed by atoms with Crippen LogP contribution in [-0.4, -0.2) is 40.9 Å². The first-order chi connectivity index (χ1) is 17.9. The number of halogens is 3. The number of rotatable bonds is 8. The first-order valence-electron chi connectivity index (χ1n) is 13.6. The van der Waals surface area contributed by atoms with Crippen LogP contribution in [0, 0.1) is 30.6 Å². The Bertz CT molecular complexity index is 1240. The maximum Gasteiger partial charge on any atom is 0.0840 e. The van der Waals surface area contributed by atoms with Crippen molar-refractivity contribution < 1.29 is 0 Å². The van der Waals surface area contributed by atoms with E-state index < -0.39 is 0 Å². The van der Waals surface area contributed by atoms with E-state index in [0.717, 1.165) is 77.5 Å². The summed E-state index contributed by atoms with van der Waals surface area (Å²) in [5.74, 6) is 3.85. The van der Waals surface area contributed by atoms with Crippen LogP contribution >= 0.6 is 34.8 Å². The molecule has 3 aromatic rings. The molecule has 196 valence electrons. The Morgan fingerprint density at radius 3 is 2.22 bits per heavy atom. The smallest absolute Gasteiger partial charge is 0.0840 e. The highest BCUT2D eigenvalue weighted by Gasteiger charge is 2.47. The van der Waals surface area contributed by atoms with Gasteiger partial charge in [0, 0.05) is 41.3 Å². The quantitative estimate of drug-likeness (QED) is 0.309. The van der Waals surface area contributed by atoms with Gasteiger partial charge in [0.2, 0.25) is 0 Å². The molecule has 1 N–H and O–H groups in total. The summed E-state index contributed by atoms with van der Waals surface area (Å²) in [4.78, 5) is 2.37. The summed E-state index contributed by atoms with van der Waals surface area (Å²) in [5, 5.41) is 10.9. The summed E-state index contributed by atoms with van der Waals surface area (Å²) < 4.78 is 1.95. The van der Waals surface area contributed by atoms with E-state index in [1.807, 2.05) is 41.1 Å². The van der Waals surface area contributed by atoms with Crippen molar-refractivity contribution in [1.29, 1.82) is 0 Å². The Hall–Kier alpha value is -1.56. The fourth-order valence-corrected chi connectivity index (χ4v) is 8.10. The highest BCUT2D eigenvalue weighted by atomic mass is 35.5. The van der Waals surface area contributed by atoms with Gasteiger partial charge in [-0.3, -0.25) is 4.90 Å². The van der Waals surface area contributed by atoms with Crippen molar-refractivity contribution in [3.8, 4) is 16.9 Å². The molecule has 1 aromatic heterocycles. The van der Waals surface area contributed by atoms with Gasteiger partial charge in [-0.1, -0.05) is 46.9 Å². The molecule has 4 nitrogen and oxygen atoms in total. The average Bonchev–Trinajstić information content (AvgIpc) is 3.16. The summed E-state index contributed by atoms with van der Waals surface area (Å²) in [6, 6.07) is 14.2. The van der Waals surface area contributed by atoms with Gasteiger partial charge in [0.1, 0.15) is 0 Å². The van der Waals surface area contributed by atoms with Crippen molar-refractivity contribution >= 4 is 34.8 Å². The fourth-order valence-electron chi connectivity index (χ4n) is 7.48. The Morgan fingerprint density at radius 1 is 0.919 bits per heavy atom. The summed E-state index contributed by atoms with van der Waals surface area (Å²) in [6.07, 6.45) is 7.33. The van der Waals surface area contributed by atoms with E-state index in [1.165, 1.54) is 32.1 Å². The van der Waals surface area contributed by atoms with Crippen LogP contribution < -0.4 is 5.32 Å². The molecule has 7 rings (SSSR count). The topological polar surface area (TPSA) is 33.1 Å². The van der Waals surface area contributed by atoms with E-state index in [2.05, 4.69) is 24.2 Å². The minimum atomic E-state index is 0.574. The third-order valence-electron chi connectivity index (χ3n) is 9.00. The molecule has 4 aliphatic rings. The number of nitrogens with one attached hydrogen (secondary N) is 1. The molecule has 0 unspecified atom stereocenters. The number of likely N-dealkylation sites (N-methyl/N-ethyl adjacent to an activating group) is 1. The monoisotopic (exact) mass is 556 g/mol. The molecule has 0 aliphatic heterocycles. The van der Waals surface area contributed by atoms with Crippen molar-refractivity contribution in [2.45, 2.75) is 51.6 Å². The zero-order valence-electron chi connectivity index (χ0n) is 21.6. The lowest BCUT2D eigenvalue weighted by molar-refractivity contribution is -0.0140. The molecule has 2 aromatic carbocycles. The van der Waals surface area contributed by atoms with Crippen molar-refractivity contribution in [3.63, 3.8) is 0 Å². The van der Waals surface area contributed by atoms with E-state index >= 15 is 0 Å². The Labute approximate surface area is 235 Å². The first-order valence-corrected chi connectivity index (χ1v) is 14.7. The van der Waals surface area contributed by atoms with Crippen molar-refractivity contribution in [3.05, 3.63) is 68.8 Å². The second-order valence-corrected chi connectivity index (χ2v) is 12.9. The average molecular weight is 558 g/mol. The Kier molecular flexibility index (Phi) is 7.32. The van der Waals surface area contributed by atoms with E-state index in [-0.39, 0.29) is 0 Å². The van der Waals surface area contributed by atoms with Crippen LogP contribution in [0.4, 0.5) is 0 Å². The van der Waals surface area contributed by atoms with E-state index in [4.69, 9.17) is 39.9 Å². The Balaban J connectivity index is 1.18. The lowest BCUT2D eigenvalue weighted by atomic mass is 9.54. The molecule has 0 atom stereocenters. The third-order valence-corrected chi connectivity index (χ3v) is 9.79. The standard InChI is InChI=1S/C30H35Cl3N4/c1-18-27(17-36(2)10-9-34-29-22-12-19-11-20(14-22)15-23(29)13-19)35-37(28-8-7-25(32)16-26(28)33)30(18)21-3-5-24(31)6-4-21/h3-8,16,19-20,22-23,29,34H,9-15,17H2,1-2H3. The lowest BCUT2D eigenvalue weighted by Gasteiger charge is -2.54. The molecule has 37 heavy (non-hydrogen) atoms. The first kappa shape index (κ1) is 25.7. The highest BCUT2D eigenvalue weighted by Crippen LogP contribution is 2.53. The summed E-state index contributed by atoms with van der Waals surface area (Å²) in [7, 11) is 2.19. The van der Waals surface area contributed by atoms with Crippen molar-refractivity contribution in [2.75, 3.05) is 20.1 Å². The Morgan fingerprint density at radius 2 is 1.57 bits per heavy atom.